The summed E-state index contributed by atoms with van der Waals surface area (Å²) in [6.07, 6.45) is 3.40. The van der Waals surface area contributed by atoms with Crippen LogP contribution in [0.3, 0.4) is 0 Å². The zero-order valence-electron chi connectivity index (χ0n) is 14.5. The first-order valence-corrected chi connectivity index (χ1v) is 9.49. The third kappa shape index (κ3) is 3.13. The number of hydrogen-bond acceptors (Lipinski definition) is 7. The van der Waals surface area contributed by atoms with Crippen LogP contribution < -0.4 is 15.5 Å². The second-order valence-electron chi connectivity index (χ2n) is 6.11. The number of anilines is 2. The van der Waals surface area contributed by atoms with Crippen molar-refractivity contribution in [3.8, 4) is 0 Å². The van der Waals surface area contributed by atoms with E-state index in [0.29, 0.717) is 17.1 Å². The fourth-order valence-corrected chi connectivity index (χ4v) is 3.96. The van der Waals surface area contributed by atoms with Gasteiger partial charge in [0.05, 0.1) is 0 Å². The molecule has 1 aliphatic heterocycles. The van der Waals surface area contributed by atoms with Crippen molar-refractivity contribution in [1.29, 1.82) is 0 Å². The molecule has 3 aromatic rings. The standard InChI is InChI=1S/C18H20N6OS/c1-19-8-4-9-20-16(25)18-23-14-15(21-11-22-17(14)26-18)24-10-7-12-5-2-3-6-13(12)24/h2-3,5-6,11,19H,4,7-10H2,1H3,(H,20,25). The summed E-state index contributed by atoms with van der Waals surface area (Å²) in [6.45, 7) is 2.34. The molecule has 0 unspecified atom stereocenters. The van der Waals surface area contributed by atoms with Gasteiger partial charge in [-0.05, 0) is 38.1 Å². The Bertz CT molecular complexity index is 940. The number of carbonyl (C=O) groups excluding carboxylic acids is 1. The third-order valence-electron chi connectivity index (χ3n) is 4.40. The average molecular weight is 368 g/mol. The van der Waals surface area contributed by atoms with Gasteiger partial charge in [-0.2, -0.15) is 0 Å². The van der Waals surface area contributed by atoms with Crippen molar-refractivity contribution in [1.82, 2.24) is 25.6 Å². The highest BCUT2D eigenvalue weighted by Crippen LogP contribution is 2.36. The van der Waals surface area contributed by atoms with Gasteiger partial charge in [-0.25, -0.2) is 15.0 Å². The highest BCUT2D eigenvalue weighted by atomic mass is 32.1. The molecular formula is C18H20N6OS. The van der Waals surface area contributed by atoms with Gasteiger partial charge < -0.3 is 15.5 Å². The van der Waals surface area contributed by atoms with Crippen LogP contribution in [0.25, 0.3) is 10.3 Å². The molecule has 0 saturated heterocycles. The van der Waals surface area contributed by atoms with E-state index in [4.69, 9.17) is 0 Å². The highest BCUT2D eigenvalue weighted by molar-refractivity contribution is 7.19. The molecule has 1 amide bonds. The van der Waals surface area contributed by atoms with Gasteiger partial charge >= 0.3 is 0 Å². The van der Waals surface area contributed by atoms with Crippen molar-refractivity contribution in [2.24, 2.45) is 0 Å². The number of para-hydroxylation sites is 1. The normalized spacial score (nSPS) is 13.2. The van der Waals surface area contributed by atoms with Gasteiger partial charge in [0.1, 0.15) is 16.7 Å². The minimum absolute atomic E-state index is 0.156. The Morgan fingerprint density at radius 2 is 2.15 bits per heavy atom. The van der Waals surface area contributed by atoms with E-state index in [1.165, 1.54) is 16.9 Å². The lowest BCUT2D eigenvalue weighted by atomic mass is 10.2. The second kappa shape index (κ2) is 7.35. The van der Waals surface area contributed by atoms with Gasteiger partial charge in [-0.3, -0.25) is 4.79 Å². The molecule has 2 aromatic heterocycles. The Labute approximate surface area is 155 Å². The number of nitrogens with zero attached hydrogens (tertiary/aromatic N) is 4. The van der Waals surface area contributed by atoms with Crippen LogP contribution in [0, 0.1) is 0 Å². The quantitative estimate of drug-likeness (QED) is 0.649. The number of amides is 1. The summed E-state index contributed by atoms with van der Waals surface area (Å²) in [5.41, 5.74) is 3.14. The van der Waals surface area contributed by atoms with E-state index in [1.807, 2.05) is 13.1 Å². The summed E-state index contributed by atoms with van der Waals surface area (Å²) >= 11 is 1.31. The number of rotatable bonds is 6. The Morgan fingerprint density at radius 1 is 1.27 bits per heavy atom. The maximum atomic E-state index is 12.4. The molecule has 7 nitrogen and oxygen atoms in total. The maximum Gasteiger partial charge on any atom is 0.280 e. The zero-order chi connectivity index (χ0) is 17.9. The van der Waals surface area contributed by atoms with Crippen molar-refractivity contribution in [3.63, 3.8) is 0 Å². The van der Waals surface area contributed by atoms with Gasteiger partial charge in [0.15, 0.2) is 10.8 Å². The molecule has 0 spiro atoms. The molecule has 1 aromatic carbocycles. The number of hydrogen-bond donors (Lipinski definition) is 2. The summed E-state index contributed by atoms with van der Waals surface area (Å²) in [5.74, 6) is 0.613. The maximum absolute atomic E-state index is 12.4. The van der Waals surface area contributed by atoms with Gasteiger partial charge in [-0.15, -0.1) is 0 Å². The molecule has 8 heteroatoms. The topological polar surface area (TPSA) is 83.0 Å². The first-order valence-electron chi connectivity index (χ1n) is 8.67. The summed E-state index contributed by atoms with van der Waals surface area (Å²) in [5, 5.41) is 6.40. The molecule has 134 valence electrons. The van der Waals surface area contributed by atoms with Crippen molar-refractivity contribution in [2.75, 3.05) is 31.6 Å². The molecule has 0 atom stereocenters. The second-order valence-corrected chi connectivity index (χ2v) is 7.09. The third-order valence-corrected chi connectivity index (χ3v) is 5.36. The summed E-state index contributed by atoms with van der Waals surface area (Å²) in [6, 6.07) is 8.31. The largest absolute Gasteiger partial charge is 0.350 e. The molecule has 0 aliphatic carbocycles. The molecule has 1 aliphatic rings. The predicted octanol–water partition coefficient (Wildman–Crippen LogP) is 2.12. The summed E-state index contributed by atoms with van der Waals surface area (Å²) in [7, 11) is 1.89. The molecule has 0 fully saturated rings. The van der Waals surface area contributed by atoms with Crippen LogP contribution >= 0.6 is 11.3 Å². The van der Waals surface area contributed by atoms with Crippen LogP contribution in [0.4, 0.5) is 11.5 Å². The molecule has 26 heavy (non-hydrogen) atoms. The fraction of sp³-hybridized carbons (Fsp3) is 0.333. The number of carbonyl (C=O) groups is 1. The van der Waals surface area contributed by atoms with Gasteiger partial charge in [0.25, 0.3) is 5.91 Å². The van der Waals surface area contributed by atoms with Crippen LogP contribution in [-0.4, -0.2) is 47.5 Å². The minimum atomic E-state index is -0.156. The van der Waals surface area contributed by atoms with Crippen molar-refractivity contribution in [3.05, 3.63) is 41.2 Å². The lowest BCUT2D eigenvalue weighted by Gasteiger charge is -2.18. The van der Waals surface area contributed by atoms with E-state index in [2.05, 4.69) is 48.7 Å². The average Bonchev–Trinajstić information content (AvgIpc) is 3.29. The molecular weight excluding hydrogens is 348 g/mol. The first kappa shape index (κ1) is 16.9. The molecule has 4 rings (SSSR count). The number of benzene rings is 1. The van der Waals surface area contributed by atoms with Crippen LogP contribution in [-0.2, 0) is 6.42 Å². The van der Waals surface area contributed by atoms with Crippen molar-refractivity contribution >= 4 is 39.1 Å². The molecule has 0 radical (unpaired) electrons. The molecule has 0 saturated carbocycles. The SMILES string of the molecule is CNCCCNC(=O)c1nc2c(N3CCc4ccccc43)ncnc2s1. The van der Waals surface area contributed by atoms with Crippen molar-refractivity contribution in [2.45, 2.75) is 12.8 Å². The lowest BCUT2D eigenvalue weighted by molar-refractivity contribution is 0.0953. The van der Waals surface area contributed by atoms with Gasteiger partial charge in [0.2, 0.25) is 0 Å². The van der Waals surface area contributed by atoms with E-state index in [9.17, 15) is 4.79 Å². The number of fused-ring (bicyclic) bond motifs is 2. The Morgan fingerprint density at radius 3 is 3.04 bits per heavy atom. The first-order chi connectivity index (χ1) is 12.8. The van der Waals surface area contributed by atoms with E-state index in [0.717, 1.165) is 42.3 Å². The van der Waals surface area contributed by atoms with Crippen LogP contribution in [0.1, 0.15) is 21.8 Å². The number of aromatic nitrogens is 3. The lowest BCUT2D eigenvalue weighted by Crippen LogP contribution is -2.26. The Kier molecular flexibility index (Phi) is 4.77. The predicted molar refractivity (Wildman–Crippen MR) is 103 cm³/mol. The number of thiazole rings is 1. The van der Waals surface area contributed by atoms with Gasteiger partial charge in [0, 0.05) is 18.8 Å². The number of nitrogens with one attached hydrogen (secondary N) is 2. The monoisotopic (exact) mass is 368 g/mol. The van der Waals surface area contributed by atoms with E-state index in [1.54, 1.807) is 6.33 Å². The highest BCUT2D eigenvalue weighted by Gasteiger charge is 2.25. The Balaban J connectivity index is 1.62. The summed E-state index contributed by atoms with van der Waals surface area (Å²) < 4.78 is 0. The van der Waals surface area contributed by atoms with Crippen LogP contribution in [0.15, 0.2) is 30.6 Å². The van der Waals surface area contributed by atoms with E-state index < -0.39 is 0 Å². The van der Waals surface area contributed by atoms with Crippen LogP contribution in [0.2, 0.25) is 0 Å². The van der Waals surface area contributed by atoms with E-state index in [-0.39, 0.29) is 5.91 Å². The summed E-state index contributed by atoms with van der Waals surface area (Å²) in [4.78, 5) is 28.6. The van der Waals surface area contributed by atoms with Gasteiger partial charge in [-0.1, -0.05) is 29.5 Å². The van der Waals surface area contributed by atoms with E-state index >= 15 is 0 Å². The van der Waals surface area contributed by atoms with Crippen molar-refractivity contribution < 1.29 is 4.79 Å². The minimum Gasteiger partial charge on any atom is -0.350 e. The Hall–Kier alpha value is -2.58. The fourth-order valence-electron chi connectivity index (χ4n) is 3.14. The molecule has 3 heterocycles. The zero-order valence-corrected chi connectivity index (χ0v) is 15.3. The van der Waals surface area contributed by atoms with Crippen LogP contribution in [0.5, 0.6) is 0 Å². The smallest absolute Gasteiger partial charge is 0.280 e. The molecule has 2 N–H and O–H groups in total. The molecule has 0 bridgehead atoms.